The number of rotatable bonds is 3. The molecule has 106 valence electrons. The lowest BCUT2D eigenvalue weighted by Crippen LogP contribution is -2.51. The van der Waals surface area contributed by atoms with E-state index in [-0.39, 0.29) is 24.4 Å². The van der Waals surface area contributed by atoms with Gasteiger partial charge in [-0.25, -0.2) is 0 Å². The van der Waals surface area contributed by atoms with Gasteiger partial charge in [-0.15, -0.1) is 12.4 Å². The van der Waals surface area contributed by atoms with Crippen LogP contribution in [0.3, 0.4) is 0 Å². The molecule has 0 aromatic rings. The first-order valence-electron chi connectivity index (χ1n) is 6.92. The van der Waals surface area contributed by atoms with Crippen LogP contribution in [0.15, 0.2) is 0 Å². The van der Waals surface area contributed by atoms with Crippen LogP contribution in [0.25, 0.3) is 0 Å². The summed E-state index contributed by atoms with van der Waals surface area (Å²) in [6.45, 7) is 6.26. The molecule has 2 saturated heterocycles. The third kappa shape index (κ3) is 4.11. The lowest BCUT2D eigenvalue weighted by Gasteiger charge is -2.35. The van der Waals surface area contributed by atoms with Crippen molar-refractivity contribution in [1.29, 1.82) is 0 Å². The Morgan fingerprint density at radius 2 is 2.33 bits per heavy atom. The Balaban J connectivity index is 0.00000162. The maximum absolute atomic E-state index is 12.3. The number of nitrogens with zero attached hydrogens (tertiary/aromatic N) is 1. The molecular weight excluding hydrogens is 252 g/mol. The predicted octanol–water partition coefficient (Wildman–Crippen LogP) is 1.44. The summed E-state index contributed by atoms with van der Waals surface area (Å²) in [7, 11) is 0. The van der Waals surface area contributed by atoms with Crippen molar-refractivity contribution in [3.63, 3.8) is 0 Å². The Morgan fingerprint density at radius 1 is 1.50 bits per heavy atom. The van der Waals surface area contributed by atoms with Crippen molar-refractivity contribution in [3.8, 4) is 0 Å². The zero-order valence-electron chi connectivity index (χ0n) is 11.2. The maximum Gasteiger partial charge on any atom is 0.253 e. The van der Waals surface area contributed by atoms with Crippen LogP contribution in [-0.2, 0) is 9.53 Å². The second kappa shape index (κ2) is 7.97. The summed E-state index contributed by atoms with van der Waals surface area (Å²) in [6, 6.07) is 0. The van der Waals surface area contributed by atoms with Crippen LogP contribution in [-0.4, -0.2) is 49.7 Å². The van der Waals surface area contributed by atoms with Gasteiger partial charge >= 0.3 is 0 Å². The number of nitrogens with one attached hydrogen (secondary N) is 1. The van der Waals surface area contributed by atoms with Crippen LogP contribution < -0.4 is 5.32 Å². The Labute approximate surface area is 116 Å². The van der Waals surface area contributed by atoms with Gasteiger partial charge in [-0.3, -0.25) is 4.79 Å². The summed E-state index contributed by atoms with van der Waals surface area (Å²) >= 11 is 0. The van der Waals surface area contributed by atoms with E-state index in [0.29, 0.717) is 19.1 Å². The summed E-state index contributed by atoms with van der Waals surface area (Å²) in [5.41, 5.74) is 0. The molecule has 2 unspecified atom stereocenters. The first kappa shape index (κ1) is 15.7. The van der Waals surface area contributed by atoms with Crippen molar-refractivity contribution >= 4 is 18.3 Å². The number of carbonyl (C=O) groups is 1. The van der Waals surface area contributed by atoms with Gasteiger partial charge in [0.05, 0.1) is 6.61 Å². The van der Waals surface area contributed by atoms with E-state index in [1.165, 1.54) is 19.3 Å². The summed E-state index contributed by atoms with van der Waals surface area (Å²) in [4.78, 5) is 14.3. The predicted molar refractivity (Wildman–Crippen MR) is 74.1 cm³/mol. The van der Waals surface area contributed by atoms with Crippen LogP contribution in [0.4, 0.5) is 0 Å². The fourth-order valence-corrected chi connectivity index (χ4v) is 2.84. The number of morpholine rings is 1. The molecule has 1 N–H and O–H groups in total. The lowest BCUT2D eigenvalue weighted by atomic mass is 9.93. The van der Waals surface area contributed by atoms with Crippen molar-refractivity contribution < 1.29 is 9.53 Å². The van der Waals surface area contributed by atoms with Gasteiger partial charge in [0.2, 0.25) is 0 Å². The minimum atomic E-state index is -0.246. The van der Waals surface area contributed by atoms with E-state index in [4.69, 9.17) is 4.74 Å². The number of carbonyl (C=O) groups excluding carboxylic acids is 1. The Kier molecular flexibility index (Phi) is 6.97. The monoisotopic (exact) mass is 276 g/mol. The Hall–Kier alpha value is -0.320. The molecule has 2 heterocycles. The number of hydrogen-bond donors (Lipinski definition) is 1. The second-order valence-electron chi connectivity index (χ2n) is 5.14. The van der Waals surface area contributed by atoms with Crippen LogP contribution in [0.2, 0.25) is 0 Å². The maximum atomic E-state index is 12.3. The molecule has 2 atom stereocenters. The highest BCUT2D eigenvalue weighted by molar-refractivity contribution is 5.85. The summed E-state index contributed by atoms with van der Waals surface area (Å²) < 4.78 is 5.53. The fourth-order valence-electron chi connectivity index (χ4n) is 2.84. The molecule has 2 aliphatic rings. The quantitative estimate of drug-likeness (QED) is 0.848. The van der Waals surface area contributed by atoms with E-state index < -0.39 is 0 Å². The van der Waals surface area contributed by atoms with Crippen molar-refractivity contribution in [1.82, 2.24) is 10.2 Å². The summed E-state index contributed by atoms with van der Waals surface area (Å²) in [5, 5.41) is 3.22. The van der Waals surface area contributed by atoms with Gasteiger partial charge in [0.1, 0.15) is 6.10 Å². The first-order chi connectivity index (χ1) is 8.31. The molecule has 0 spiro atoms. The minimum absolute atomic E-state index is 0. The minimum Gasteiger partial charge on any atom is -0.366 e. The van der Waals surface area contributed by atoms with Gasteiger partial charge in [-0.2, -0.15) is 0 Å². The first-order valence-corrected chi connectivity index (χ1v) is 6.92. The third-order valence-corrected chi connectivity index (χ3v) is 3.73. The Morgan fingerprint density at radius 3 is 3.00 bits per heavy atom. The molecule has 0 aromatic heterocycles. The number of hydrogen-bond acceptors (Lipinski definition) is 3. The smallest absolute Gasteiger partial charge is 0.253 e. The van der Waals surface area contributed by atoms with Crippen LogP contribution in [0, 0.1) is 5.92 Å². The summed E-state index contributed by atoms with van der Waals surface area (Å²) in [5.74, 6) is 0.896. The average Bonchev–Trinajstić information content (AvgIpc) is 2.40. The van der Waals surface area contributed by atoms with Crippen molar-refractivity contribution in [3.05, 3.63) is 0 Å². The molecule has 18 heavy (non-hydrogen) atoms. The molecule has 1 amide bonds. The van der Waals surface area contributed by atoms with Gasteiger partial charge in [0, 0.05) is 26.2 Å². The number of likely N-dealkylation sites (tertiary alicyclic amines) is 1. The van der Waals surface area contributed by atoms with Gasteiger partial charge < -0.3 is 15.0 Å². The third-order valence-electron chi connectivity index (χ3n) is 3.73. The molecular formula is C13H25ClN2O2. The van der Waals surface area contributed by atoms with Gasteiger partial charge in [-0.1, -0.05) is 13.3 Å². The van der Waals surface area contributed by atoms with E-state index >= 15 is 0 Å². The van der Waals surface area contributed by atoms with Crippen molar-refractivity contribution in [2.45, 2.75) is 38.7 Å². The molecule has 0 aromatic carbocycles. The molecule has 0 saturated carbocycles. The van der Waals surface area contributed by atoms with Crippen LogP contribution in [0.5, 0.6) is 0 Å². The van der Waals surface area contributed by atoms with E-state index in [0.717, 1.165) is 26.1 Å². The second-order valence-corrected chi connectivity index (χ2v) is 5.14. The van der Waals surface area contributed by atoms with E-state index in [1.54, 1.807) is 0 Å². The molecule has 4 nitrogen and oxygen atoms in total. The SMILES string of the molecule is CCCC1CCCN(C(=O)C2CNCCO2)C1.Cl. The molecule has 2 rings (SSSR count). The highest BCUT2D eigenvalue weighted by Crippen LogP contribution is 2.21. The molecule has 0 bridgehead atoms. The van der Waals surface area contributed by atoms with Gasteiger partial charge in [0.25, 0.3) is 5.91 Å². The Bertz CT molecular complexity index is 255. The van der Waals surface area contributed by atoms with Crippen LogP contribution in [0.1, 0.15) is 32.6 Å². The standard InChI is InChI=1S/C13H24N2O2.ClH/c1-2-4-11-5-3-7-15(10-11)13(16)12-9-14-6-8-17-12;/h11-12,14H,2-10H2,1H3;1H. The number of halogens is 1. The molecule has 2 aliphatic heterocycles. The number of amides is 1. The highest BCUT2D eigenvalue weighted by atomic mass is 35.5. The summed E-state index contributed by atoms with van der Waals surface area (Å²) in [6.07, 6.45) is 4.64. The lowest BCUT2D eigenvalue weighted by molar-refractivity contribution is -0.147. The fraction of sp³-hybridized carbons (Fsp3) is 0.923. The largest absolute Gasteiger partial charge is 0.366 e. The molecule has 0 radical (unpaired) electrons. The zero-order valence-corrected chi connectivity index (χ0v) is 12.0. The van der Waals surface area contributed by atoms with Gasteiger partial charge in [0.15, 0.2) is 0 Å². The number of ether oxygens (including phenoxy) is 1. The zero-order chi connectivity index (χ0) is 12.1. The van der Waals surface area contributed by atoms with E-state index in [9.17, 15) is 4.79 Å². The highest BCUT2D eigenvalue weighted by Gasteiger charge is 2.30. The van der Waals surface area contributed by atoms with E-state index in [1.807, 2.05) is 4.90 Å². The normalized spacial score (nSPS) is 28.6. The van der Waals surface area contributed by atoms with Crippen LogP contribution >= 0.6 is 12.4 Å². The molecule has 2 fully saturated rings. The topological polar surface area (TPSA) is 41.6 Å². The van der Waals surface area contributed by atoms with Crippen molar-refractivity contribution in [2.75, 3.05) is 32.8 Å². The average molecular weight is 277 g/mol. The van der Waals surface area contributed by atoms with Gasteiger partial charge in [-0.05, 0) is 25.2 Å². The number of piperidine rings is 1. The molecule has 5 heteroatoms. The molecule has 0 aliphatic carbocycles. The van der Waals surface area contributed by atoms with Crippen molar-refractivity contribution in [2.24, 2.45) is 5.92 Å². The van der Waals surface area contributed by atoms with E-state index in [2.05, 4.69) is 12.2 Å².